The van der Waals surface area contributed by atoms with Crippen molar-refractivity contribution in [2.45, 2.75) is 51.9 Å². The van der Waals surface area contributed by atoms with Crippen molar-refractivity contribution < 1.29 is 13.2 Å². The molecule has 1 amide bonds. The lowest BCUT2D eigenvalue weighted by Gasteiger charge is -2.38. The van der Waals surface area contributed by atoms with Crippen molar-refractivity contribution >= 4 is 15.9 Å². The van der Waals surface area contributed by atoms with E-state index in [1.54, 1.807) is 11.2 Å². The first-order chi connectivity index (χ1) is 10.5. The maximum atomic E-state index is 12.3. The number of nitrogens with one attached hydrogen (secondary N) is 1. The minimum atomic E-state index is -3.13. The van der Waals surface area contributed by atoms with Gasteiger partial charge >= 0.3 is 0 Å². The van der Waals surface area contributed by atoms with E-state index < -0.39 is 10.0 Å². The Labute approximate surface area is 133 Å². The number of carbonyl (C=O) groups is 1. The molecule has 1 spiro atoms. The summed E-state index contributed by atoms with van der Waals surface area (Å²) >= 11 is 0. The quantitative estimate of drug-likeness (QED) is 0.836. The van der Waals surface area contributed by atoms with Crippen molar-refractivity contribution in [1.82, 2.24) is 9.62 Å². The van der Waals surface area contributed by atoms with Gasteiger partial charge in [0.1, 0.15) is 0 Å². The van der Waals surface area contributed by atoms with Crippen LogP contribution in [0.1, 0.15) is 51.9 Å². The predicted molar refractivity (Wildman–Crippen MR) is 85.8 cm³/mol. The van der Waals surface area contributed by atoms with Gasteiger partial charge in [0.15, 0.2) is 0 Å². The van der Waals surface area contributed by atoms with E-state index in [9.17, 15) is 13.2 Å². The zero-order valence-corrected chi connectivity index (χ0v) is 14.3. The zero-order valence-electron chi connectivity index (χ0n) is 13.5. The second-order valence-corrected chi connectivity index (χ2v) is 9.59. The van der Waals surface area contributed by atoms with E-state index >= 15 is 0 Å². The Morgan fingerprint density at radius 3 is 2.50 bits per heavy atom. The monoisotopic (exact) mass is 328 g/mol. The van der Waals surface area contributed by atoms with E-state index in [2.05, 4.69) is 5.32 Å². The summed E-state index contributed by atoms with van der Waals surface area (Å²) < 4.78 is 26.2. The average Bonchev–Trinajstić information content (AvgIpc) is 3.30. The molecule has 3 aliphatic rings. The molecule has 1 unspecified atom stereocenters. The highest BCUT2D eigenvalue weighted by molar-refractivity contribution is 7.89. The highest BCUT2D eigenvalue weighted by Gasteiger charge is 2.49. The van der Waals surface area contributed by atoms with Crippen molar-refractivity contribution in [3.63, 3.8) is 0 Å². The van der Waals surface area contributed by atoms with Crippen LogP contribution < -0.4 is 5.32 Å². The highest BCUT2D eigenvalue weighted by Crippen LogP contribution is 2.48. The van der Waals surface area contributed by atoms with E-state index in [1.165, 1.54) is 19.3 Å². The number of hydrogen-bond acceptors (Lipinski definition) is 3. The van der Waals surface area contributed by atoms with Crippen LogP contribution in [0.25, 0.3) is 0 Å². The van der Waals surface area contributed by atoms with Crippen LogP contribution in [0.5, 0.6) is 0 Å². The molecule has 126 valence electrons. The molecule has 1 heterocycles. The van der Waals surface area contributed by atoms with Crippen molar-refractivity contribution in [2.75, 3.05) is 25.4 Å². The summed E-state index contributed by atoms with van der Waals surface area (Å²) in [6.45, 7) is 3.60. The summed E-state index contributed by atoms with van der Waals surface area (Å²) in [7, 11) is -3.13. The fourth-order valence-corrected chi connectivity index (χ4v) is 5.42. The molecule has 2 saturated carbocycles. The van der Waals surface area contributed by atoms with Gasteiger partial charge in [0, 0.05) is 25.6 Å². The maximum Gasteiger partial charge on any atom is 0.223 e. The van der Waals surface area contributed by atoms with E-state index in [4.69, 9.17) is 0 Å². The molecule has 1 saturated heterocycles. The van der Waals surface area contributed by atoms with Gasteiger partial charge in [-0.3, -0.25) is 4.79 Å². The van der Waals surface area contributed by atoms with Crippen LogP contribution in [0, 0.1) is 17.3 Å². The summed E-state index contributed by atoms with van der Waals surface area (Å²) in [5, 5.41) is 3.09. The van der Waals surface area contributed by atoms with Gasteiger partial charge in [-0.2, -0.15) is 0 Å². The predicted octanol–water partition coefficient (Wildman–Crippen LogP) is 1.74. The Bertz CT molecular complexity index is 522. The lowest BCUT2D eigenvalue weighted by molar-refractivity contribution is -0.122. The number of rotatable bonds is 5. The summed E-state index contributed by atoms with van der Waals surface area (Å²) in [4.78, 5) is 11.9. The maximum absolute atomic E-state index is 12.3. The highest BCUT2D eigenvalue weighted by atomic mass is 32.2. The van der Waals surface area contributed by atoms with Gasteiger partial charge in [-0.1, -0.05) is 19.3 Å². The Balaban J connectivity index is 1.70. The summed E-state index contributed by atoms with van der Waals surface area (Å²) in [5.41, 5.74) is 0.0946. The molecule has 0 aromatic heterocycles. The zero-order chi connectivity index (χ0) is 15.8. The Morgan fingerprint density at radius 2 is 1.91 bits per heavy atom. The fraction of sp³-hybridized carbons (Fsp3) is 0.938. The van der Waals surface area contributed by atoms with Crippen molar-refractivity contribution in [2.24, 2.45) is 17.3 Å². The van der Waals surface area contributed by atoms with Gasteiger partial charge in [0.05, 0.1) is 5.75 Å². The fourth-order valence-electron chi connectivity index (χ4n) is 4.20. The third-order valence-electron chi connectivity index (χ3n) is 5.86. The van der Waals surface area contributed by atoms with E-state index in [0.717, 1.165) is 25.7 Å². The largest absolute Gasteiger partial charge is 0.356 e. The molecule has 1 atom stereocenters. The number of sulfonamides is 1. The van der Waals surface area contributed by atoms with Gasteiger partial charge in [-0.15, -0.1) is 0 Å². The van der Waals surface area contributed by atoms with Crippen LogP contribution in [0.4, 0.5) is 0 Å². The molecule has 0 aromatic rings. The lowest BCUT2D eigenvalue weighted by atomic mass is 9.68. The van der Waals surface area contributed by atoms with Crippen LogP contribution >= 0.6 is 0 Å². The second kappa shape index (κ2) is 6.11. The first-order valence-electron chi connectivity index (χ1n) is 8.72. The van der Waals surface area contributed by atoms with E-state index in [0.29, 0.717) is 19.6 Å². The Hall–Kier alpha value is -0.620. The molecule has 6 heteroatoms. The molecule has 2 aliphatic carbocycles. The third kappa shape index (κ3) is 3.18. The molecular formula is C16H28N2O3S. The number of nitrogens with zero attached hydrogens (tertiary/aromatic N) is 1. The summed E-state index contributed by atoms with van der Waals surface area (Å²) in [6.07, 6.45) is 7.86. The van der Waals surface area contributed by atoms with Crippen LogP contribution in [0.2, 0.25) is 0 Å². The standard InChI is InChI=1S/C16H28N2O3S/c1-2-22(20,21)18-11-14(10-17-15(19)13-6-7-13)16(12-18)8-4-3-5-9-16/h13-14H,2-12H2,1H3,(H,17,19). The third-order valence-corrected chi connectivity index (χ3v) is 7.65. The molecule has 1 aliphatic heterocycles. The summed E-state index contributed by atoms with van der Waals surface area (Å²) in [5.74, 6) is 0.836. The number of hydrogen-bond donors (Lipinski definition) is 1. The number of amides is 1. The second-order valence-electron chi connectivity index (χ2n) is 7.33. The molecular weight excluding hydrogens is 300 g/mol. The average molecular weight is 328 g/mol. The molecule has 0 bridgehead atoms. The SMILES string of the molecule is CCS(=O)(=O)N1CC(CNC(=O)C2CC2)C2(CCCCC2)C1. The first kappa shape index (κ1) is 16.2. The molecule has 22 heavy (non-hydrogen) atoms. The molecule has 3 rings (SSSR count). The van der Waals surface area contributed by atoms with Crippen molar-refractivity contribution in [3.8, 4) is 0 Å². The Kier molecular flexibility index (Phi) is 4.52. The van der Waals surface area contributed by atoms with E-state index in [1.807, 2.05) is 0 Å². The molecule has 0 radical (unpaired) electrons. The van der Waals surface area contributed by atoms with E-state index in [-0.39, 0.29) is 28.9 Å². The summed E-state index contributed by atoms with van der Waals surface area (Å²) in [6, 6.07) is 0. The van der Waals surface area contributed by atoms with Crippen LogP contribution in [0.3, 0.4) is 0 Å². The van der Waals surface area contributed by atoms with Crippen LogP contribution in [-0.4, -0.2) is 44.0 Å². The van der Waals surface area contributed by atoms with Gasteiger partial charge < -0.3 is 5.32 Å². The van der Waals surface area contributed by atoms with Crippen molar-refractivity contribution in [3.05, 3.63) is 0 Å². The normalized spacial score (nSPS) is 28.9. The number of carbonyl (C=O) groups excluding carboxylic acids is 1. The smallest absolute Gasteiger partial charge is 0.223 e. The molecule has 5 nitrogen and oxygen atoms in total. The topological polar surface area (TPSA) is 66.5 Å². The van der Waals surface area contributed by atoms with Gasteiger partial charge in [-0.05, 0) is 43.9 Å². The van der Waals surface area contributed by atoms with Crippen LogP contribution in [-0.2, 0) is 14.8 Å². The first-order valence-corrected chi connectivity index (χ1v) is 10.3. The Morgan fingerprint density at radius 1 is 1.23 bits per heavy atom. The van der Waals surface area contributed by atoms with Crippen molar-refractivity contribution in [1.29, 1.82) is 0 Å². The minimum Gasteiger partial charge on any atom is -0.356 e. The van der Waals surface area contributed by atoms with Crippen LogP contribution in [0.15, 0.2) is 0 Å². The van der Waals surface area contributed by atoms with Gasteiger partial charge in [0.25, 0.3) is 0 Å². The molecule has 0 aromatic carbocycles. The molecule has 1 N–H and O–H groups in total. The van der Waals surface area contributed by atoms with Gasteiger partial charge in [-0.25, -0.2) is 12.7 Å². The minimum absolute atomic E-state index is 0.0946. The lowest BCUT2D eigenvalue weighted by Crippen LogP contribution is -2.40. The van der Waals surface area contributed by atoms with Gasteiger partial charge in [0.2, 0.25) is 15.9 Å². The molecule has 3 fully saturated rings.